The van der Waals surface area contributed by atoms with Crippen molar-refractivity contribution in [1.29, 1.82) is 5.26 Å². The van der Waals surface area contributed by atoms with Gasteiger partial charge >= 0.3 is 0 Å². The number of hydrogen-bond acceptors (Lipinski definition) is 4. The summed E-state index contributed by atoms with van der Waals surface area (Å²) in [5.74, 6) is -0.556. The number of anilines is 1. The van der Waals surface area contributed by atoms with Gasteiger partial charge in [-0.25, -0.2) is 0 Å². The number of piperazine rings is 1. The van der Waals surface area contributed by atoms with Crippen LogP contribution in [0.3, 0.4) is 0 Å². The van der Waals surface area contributed by atoms with Crippen LogP contribution in [-0.4, -0.2) is 60.2 Å². The van der Waals surface area contributed by atoms with Crippen LogP contribution < -0.4 is 4.90 Å². The van der Waals surface area contributed by atoms with Crippen LogP contribution in [-0.2, 0) is 9.59 Å². The van der Waals surface area contributed by atoms with Gasteiger partial charge in [0.2, 0.25) is 11.8 Å². The van der Waals surface area contributed by atoms with Crippen molar-refractivity contribution in [1.82, 2.24) is 9.80 Å². The van der Waals surface area contributed by atoms with Crippen molar-refractivity contribution in [2.45, 2.75) is 19.3 Å². The van der Waals surface area contributed by atoms with Crippen LogP contribution in [0.5, 0.6) is 0 Å². The summed E-state index contributed by atoms with van der Waals surface area (Å²) in [6, 6.07) is 16.1. The molecule has 0 atom stereocenters. The van der Waals surface area contributed by atoms with Gasteiger partial charge in [0.05, 0.1) is 28.1 Å². The first-order valence-electron chi connectivity index (χ1n) is 10.7. The molecule has 2 aromatic carbocycles. The van der Waals surface area contributed by atoms with Gasteiger partial charge in [-0.3, -0.25) is 14.4 Å². The van der Waals surface area contributed by atoms with E-state index in [1.807, 2.05) is 18.2 Å². The molecule has 1 fully saturated rings. The molecule has 0 aliphatic carbocycles. The smallest absolute Gasteiger partial charge is 0.255 e. The van der Waals surface area contributed by atoms with Crippen LogP contribution in [0, 0.1) is 11.3 Å². The third-order valence-electron chi connectivity index (χ3n) is 5.47. The zero-order chi connectivity index (χ0) is 23.8. The van der Waals surface area contributed by atoms with Gasteiger partial charge in [-0.05, 0) is 24.3 Å². The molecule has 33 heavy (non-hydrogen) atoms. The predicted octanol–water partition coefficient (Wildman–Crippen LogP) is 4.00. The molecule has 2 aromatic rings. The first-order valence-corrected chi connectivity index (χ1v) is 11.4. The maximum atomic E-state index is 12.8. The fraction of sp³-hybridized carbons (Fsp3) is 0.333. The molecular formula is C24H24Cl2N4O3. The summed E-state index contributed by atoms with van der Waals surface area (Å²) >= 11 is 12.2. The zero-order valence-electron chi connectivity index (χ0n) is 18.0. The van der Waals surface area contributed by atoms with E-state index in [4.69, 9.17) is 28.5 Å². The van der Waals surface area contributed by atoms with Crippen LogP contribution in [0.25, 0.3) is 0 Å². The molecule has 0 spiro atoms. The molecule has 0 unspecified atom stereocenters. The molecule has 9 heteroatoms. The van der Waals surface area contributed by atoms with Crippen LogP contribution >= 0.6 is 23.2 Å². The normalized spacial score (nSPS) is 13.4. The first kappa shape index (κ1) is 24.6. The minimum absolute atomic E-state index is 0.0520. The summed E-state index contributed by atoms with van der Waals surface area (Å²) in [6.07, 6.45) is 0.334. The van der Waals surface area contributed by atoms with Gasteiger partial charge in [0, 0.05) is 51.3 Å². The predicted molar refractivity (Wildman–Crippen MR) is 127 cm³/mol. The number of para-hydroxylation sites is 1. The minimum Gasteiger partial charge on any atom is -0.339 e. The first-order chi connectivity index (χ1) is 15.9. The second-order valence-corrected chi connectivity index (χ2v) is 8.35. The van der Waals surface area contributed by atoms with Crippen molar-refractivity contribution in [2.24, 2.45) is 0 Å². The topological polar surface area (TPSA) is 84.7 Å². The lowest BCUT2D eigenvalue weighted by atomic mass is 10.1. The van der Waals surface area contributed by atoms with E-state index < -0.39 is 0 Å². The Morgan fingerprint density at radius 2 is 1.58 bits per heavy atom. The molecule has 0 bridgehead atoms. The molecule has 3 amide bonds. The van der Waals surface area contributed by atoms with Gasteiger partial charge in [0.25, 0.3) is 5.91 Å². The Kier molecular flexibility index (Phi) is 8.70. The Labute approximate surface area is 203 Å². The van der Waals surface area contributed by atoms with E-state index in [1.54, 1.807) is 45.0 Å². The number of carbonyl (C=O) groups is 3. The van der Waals surface area contributed by atoms with Crippen molar-refractivity contribution in [3.8, 4) is 6.07 Å². The highest BCUT2D eigenvalue weighted by atomic mass is 35.5. The SMILES string of the molecule is N#CCCN(C(=O)CCC(=O)N1CCN(C(=O)c2cccc(Cl)c2Cl)CC1)c1ccccc1. The number of carbonyl (C=O) groups excluding carboxylic acids is 3. The van der Waals surface area contributed by atoms with E-state index in [1.165, 1.54) is 0 Å². The Morgan fingerprint density at radius 1 is 0.909 bits per heavy atom. The molecule has 1 aliphatic heterocycles. The van der Waals surface area contributed by atoms with Gasteiger partial charge in [-0.15, -0.1) is 0 Å². The van der Waals surface area contributed by atoms with E-state index in [0.717, 1.165) is 0 Å². The van der Waals surface area contributed by atoms with Crippen molar-refractivity contribution in [3.63, 3.8) is 0 Å². The number of hydrogen-bond donors (Lipinski definition) is 0. The van der Waals surface area contributed by atoms with Crippen molar-refractivity contribution >= 4 is 46.6 Å². The lowest BCUT2D eigenvalue weighted by molar-refractivity contribution is -0.134. The van der Waals surface area contributed by atoms with Gasteiger partial charge in [0.15, 0.2) is 0 Å². The van der Waals surface area contributed by atoms with Crippen molar-refractivity contribution in [3.05, 3.63) is 64.1 Å². The molecule has 0 saturated carbocycles. The van der Waals surface area contributed by atoms with Crippen molar-refractivity contribution in [2.75, 3.05) is 37.6 Å². The second kappa shape index (κ2) is 11.7. The molecule has 0 aromatic heterocycles. The summed E-state index contributed by atoms with van der Waals surface area (Å²) in [5, 5.41) is 9.45. The van der Waals surface area contributed by atoms with E-state index in [0.29, 0.717) is 42.5 Å². The molecule has 1 heterocycles. The van der Waals surface area contributed by atoms with Gasteiger partial charge in [-0.2, -0.15) is 5.26 Å². The van der Waals surface area contributed by atoms with Gasteiger partial charge < -0.3 is 14.7 Å². The second-order valence-electron chi connectivity index (χ2n) is 7.56. The highest BCUT2D eigenvalue weighted by Crippen LogP contribution is 2.27. The lowest BCUT2D eigenvalue weighted by Gasteiger charge is -2.35. The van der Waals surface area contributed by atoms with E-state index in [2.05, 4.69) is 6.07 Å². The number of nitriles is 1. The third-order valence-corrected chi connectivity index (χ3v) is 6.29. The van der Waals surface area contributed by atoms with Gasteiger partial charge in [0.1, 0.15) is 0 Å². The molecule has 0 N–H and O–H groups in total. The van der Waals surface area contributed by atoms with E-state index >= 15 is 0 Å². The van der Waals surface area contributed by atoms with E-state index in [-0.39, 0.29) is 48.6 Å². The Hall–Kier alpha value is -3.08. The number of rotatable bonds is 7. The third kappa shape index (κ3) is 6.25. The summed E-state index contributed by atoms with van der Waals surface area (Å²) in [6.45, 7) is 1.79. The molecule has 3 rings (SSSR count). The summed E-state index contributed by atoms with van der Waals surface area (Å²) < 4.78 is 0. The zero-order valence-corrected chi connectivity index (χ0v) is 19.6. The maximum Gasteiger partial charge on any atom is 0.255 e. The maximum absolute atomic E-state index is 12.8. The highest BCUT2D eigenvalue weighted by Gasteiger charge is 2.27. The quantitative estimate of drug-likeness (QED) is 0.591. The molecule has 7 nitrogen and oxygen atoms in total. The average Bonchev–Trinajstić information content (AvgIpc) is 2.85. The van der Waals surface area contributed by atoms with Gasteiger partial charge in [-0.1, -0.05) is 47.5 Å². The highest BCUT2D eigenvalue weighted by molar-refractivity contribution is 6.43. The number of nitrogens with zero attached hydrogens (tertiary/aromatic N) is 4. The molecule has 1 saturated heterocycles. The van der Waals surface area contributed by atoms with Crippen LogP contribution in [0.4, 0.5) is 5.69 Å². The Balaban J connectivity index is 1.52. The summed E-state index contributed by atoms with van der Waals surface area (Å²) in [4.78, 5) is 43.1. The van der Waals surface area contributed by atoms with Crippen molar-refractivity contribution < 1.29 is 14.4 Å². The molecule has 0 radical (unpaired) electrons. The minimum atomic E-state index is -0.222. The number of amides is 3. The summed E-state index contributed by atoms with van der Waals surface area (Å²) in [7, 11) is 0. The fourth-order valence-electron chi connectivity index (χ4n) is 3.67. The largest absolute Gasteiger partial charge is 0.339 e. The number of halogens is 2. The Morgan fingerprint density at radius 3 is 2.24 bits per heavy atom. The average molecular weight is 487 g/mol. The number of benzene rings is 2. The van der Waals surface area contributed by atoms with Crippen LogP contribution in [0.1, 0.15) is 29.6 Å². The Bertz CT molecular complexity index is 1050. The standard InChI is InChI=1S/C24H24Cl2N4O3/c25-20-9-4-8-19(23(20)26)24(33)29-16-14-28(15-17-29)21(31)10-11-22(32)30(13-5-12-27)18-6-2-1-3-7-18/h1-4,6-9H,5,10-11,13-17H2. The van der Waals surface area contributed by atoms with Crippen LogP contribution in [0.2, 0.25) is 10.0 Å². The lowest BCUT2D eigenvalue weighted by Crippen LogP contribution is -2.50. The molecular weight excluding hydrogens is 463 g/mol. The van der Waals surface area contributed by atoms with E-state index in [9.17, 15) is 14.4 Å². The monoisotopic (exact) mass is 486 g/mol. The fourth-order valence-corrected chi connectivity index (χ4v) is 4.05. The van der Waals surface area contributed by atoms with Crippen LogP contribution in [0.15, 0.2) is 48.5 Å². The molecule has 1 aliphatic rings. The summed E-state index contributed by atoms with van der Waals surface area (Å²) in [5.41, 5.74) is 1.05. The molecule has 172 valence electrons.